The van der Waals surface area contributed by atoms with E-state index in [4.69, 9.17) is 9.47 Å². The van der Waals surface area contributed by atoms with Crippen LogP contribution in [-0.4, -0.2) is 35.7 Å². The Hall–Kier alpha value is -3.54. The van der Waals surface area contributed by atoms with Gasteiger partial charge in [0.15, 0.2) is 23.8 Å². The van der Waals surface area contributed by atoms with Gasteiger partial charge in [0.05, 0.1) is 11.1 Å². The van der Waals surface area contributed by atoms with Crippen molar-refractivity contribution in [1.29, 1.82) is 0 Å². The lowest BCUT2D eigenvalue weighted by Gasteiger charge is -2.12. The molecule has 6 heteroatoms. The number of rotatable bonds is 14. The van der Waals surface area contributed by atoms with Crippen LogP contribution in [0.3, 0.4) is 0 Å². The van der Waals surface area contributed by atoms with Crippen molar-refractivity contribution < 1.29 is 28.7 Å². The average Bonchev–Trinajstić information content (AvgIpc) is 2.87. The van der Waals surface area contributed by atoms with Crippen LogP contribution >= 0.6 is 0 Å². The fraction of sp³-hybridized carbons (Fsp3) is 0.400. The molecule has 2 aromatic rings. The minimum atomic E-state index is -0.880. The summed E-state index contributed by atoms with van der Waals surface area (Å²) in [6.07, 6.45) is 10.5. The third-order valence-corrected chi connectivity index (χ3v) is 5.69. The minimum absolute atomic E-state index is 0.257. The first-order valence-electron chi connectivity index (χ1n) is 12.6. The van der Waals surface area contributed by atoms with Crippen LogP contribution in [0.1, 0.15) is 86.9 Å². The van der Waals surface area contributed by atoms with Crippen LogP contribution in [0.2, 0.25) is 0 Å². The highest BCUT2D eigenvalue weighted by atomic mass is 16.5. The molecule has 0 radical (unpaired) electrons. The number of carbonyl (C=O) groups is 4. The van der Waals surface area contributed by atoms with Gasteiger partial charge in [-0.05, 0) is 73.9 Å². The molecular weight excluding hydrogens is 456 g/mol. The smallest absolute Gasteiger partial charge is 0.338 e. The summed E-state index contributed by atoms with van der Waals surface area (Å²) in [7, 11) is 0. The zero-order valence-corrected chi connectivity index (χ0v) is 21.6. The van der Waals surface area contributed by atoms with Crippen LogP contribution in [0.15, 0.2) is 60.7 Å². The average molecular weight is 493 g/mol. The summed E-state index contributed by atoms with van der Waals surface area (Å²) in [4.78, 5) is 49.4. The Morgan fingerprint density at radius 2 is 1.08 bits per heavy atom. The maximum atomic E-state index is 12.5. The Bertz CT molecular complexity index is 1040. The molecule has 0 spiro atoms. The predicted molar refractivity (Wildman–Crippen MR) is 141 cm³/mol. The van der Waals surface area contributed by atoms with Crippen LogP contribution in [0.5, 0.6) is 0 Å². The van der Waals surface area contributed by atoms with E-state index in [1.807, 2.05) is 0 Å². The first-order chi connectivity index (χ1) is 17.3. The standard InChI is InChI=1S/C30H36O6/c1-5-7-9-11-13-27(31)21(3)35-29(33)25-17-15-24-20-26(18-16-23(24)19-25)30(34)36-22(4)28(32)14-12-10-8-6-2/h11-22H,5-10H2,1-4H3/t21-,22-/m0/s1. The second kappa shape index (κ2) is 14.8. The fourth-order valence-corrected chi connectivity index (χ4v) is 3.39. The van der Waals surface area contributed by atoms with E-state index in [-0.39, 0.29) is 11.6 Å². The summed E-state index contributed by atoms with van der Waals surface area (Å²) >= 11 is 0. The zero-order chi connectivity index (χ0) is 26.5. The Morgan fingerprint density at radius 3 is 1.44 bits per heavy atom. The highest BCUT2D eigenvalue weighted by Crippen LogP contribution is 2.20. The van der Waals surface area contributed by atoms with Gasteiger partial charge in [-0.3, -0.25) is 9.59 Å². The second-order valence-electron chi connectivity index (χ2n) is 8.77. The van der Waals surface area contributed by atoms with Crippen molar-refractivity contribution in [1.82, 2.24) is 0 Å². The van der Waals surface area contributed by atoms with Gasteiger partial charge in [0, 0.05) is 0 Å². The Morgan fingerprint density at radius 1 is 0.694 bits per heavy atom. The van der Waals surface area contributed by atoms with Crippen molar-refractivity contribution in [3.8, 4) is 0 Å². The molecule has 36 heavy (non-hydrogen) atoms. The summed E-state index contributed by atoms with van der Waals surface area (Å²) in [5.74, 6) is -1.70. The molecule has 0 aliphatic carbocycles. The number of hydrogen-bond donors (Lipinski definition) is 0. The molecule has 0 heterocycles. The van der Waals surface area contributed by atoms with E-state index in [1.165, 1.54) is 12.2 Å². The fourth-order valence-electron chi connectivity index (χ4n) is 3.39. The van der Waals surface area contributed by atoms with Gasteiger partial charge in [-0.2, -0.15) is 0 Å². The molecule has 0 aromatic heterocycles. The van der Waals surface area contributed by atoms with Crippen LogP contribution < -0.4 is 0 Å². The molecule has 0 aliphatic heterocycles. The van der Waals surface area contributed by atoms with Gasteiger partial charge in [-0.25, -0.2) is 9.59 Å². The SMILES string of the molecule is CCCCC=CC(=O)[C@H](C)OC(=O)c1ccc2cc(C(=O)O[C@@H](C)C(=O)C=CCCCC)ccc2c1. The van der Waals surface area contributed by atoms with Crippen LogP contribution in [0.25, 0.3) is 10.8 Å². The van der Waals surface area contributed by atoms with E-state index in [0.717, 1.165) is 49.3 Å². The lowest BCUT2D eigenvalue weighted by atomic mass is 10.0. The van der Waals surface area contributed by atoms with Crippen LogP contribution in [0.4, 0.5) is 0 Å². The zero-order valence-electron chi connectivity index (χ0n) is 21.6. The molecular formula is C30H36O6. The van der Waals surface area contributed by atoms with Gasteiger partial charge >= 0.3 is 11.9 Å². The lowest BCUT2D eigenvalue weighted by Crippen LogP contribution is -2.23. The molecule has 2 aromatic carbocycles. The third kappa shape index (κ3) is 8.91. The van der Waals surface area contributed by atoms with Gasteiger partial charge in [-0.1, -0.05) is 63.8 Å². The molecule has 0 unspecified atom stereocenters. The number of carbonyl (C=O) groups excluding carboxylic acids is 4. The van der Waals surface area contributed by atoms with Gasteiger partial charge < -0.3 is 9.47 Å². The van der Waals surface area contributed by atoms with Gasteiger partial charge in [0.1, 0.15) is 0 Å². The largest absolute Gasteiger partial charge is 0.451 e. The first-order valence-corrected chi connectivity index (χ1v) is 12.6. The molecule has 0 saturated heterocycles. The lowest BCUT2D eigenvalue weighted by molar-refractivity contribution is -0.122. The van der Waals surface area contributed by atoms with E-state index >= 15 is 0 Å². The maximum Gasteiger partial charge on any atom is 0.338 e. The van der Waals surface area contributed by atoms with E-state index in [1.54, 1.807) is 62.4 Å². The summed E-state index contributed by atoms with van der Waals surface area (Å²) in [5, 5.41) is 1.45. The molecule has 0 bridgehead atoms. The van der Waals surface area contributed by atoms with Crippen molar-refractivity contribution in [2.75, 3.05) is 0 Å². The third-order valence-electron chi connectivity index (χ3n) is 5.69. The summed E-state index contributed by atoms with van der Waals surface area (Å²) in [6, 6.07) is 9.86. The molecule has 0 aliphatic rings. The number of fused-ring (bicyclic) bond motifs is 1. The number of allylic oxidation sites excluding steroid dienone is 2. The van der Waals surface area contributed by atoms with Crippen LogP contribution in [-0.2, 0) is 19.1 Å². The predicted octanol–water partition coefficient (Wildman–Crippen LogP) is 6.56. The van der Waals surface area contributed by atoms with E-state index in [2.05, 4.69) is 13.8 Å². The maximum absolute atomic E-state index is 12.5. The Labute approximate surface area is 213 Å². The van der Waals surface area contributed by atoms with E-state index in [0.29, 0.717) is 11.1 Å². The molecule has 0 fully saturated rings. The van der Waals surface area contributed by atoms with E-state index < -0.39 is 24.1 Å². The molecule has 192 valence electrons. The second-order valence-corrected chi connectivity index (χ2v) is 8.77. The quantitative estimate of drug-likeness (QED) is 0.169. The van der Waals surface area contributed by atoms with Gasteiger partial charge in [-0.15, -0.1) is 0 Å². The number of hydrogen-bond acceptors (Lipinski definition) is 6. The summed E-state index contributed by atoms with van der Waals surface area (Å²) in [5.41, 5.74) is 0.614. The normalized spacial score (nSPS) is 13.1. The number of ether oxygens (including phenoxy) is 2. The topological polar surface area (TPSA) is 86.7 Å². The first kappa shape index (κ1) is 28.7. The van der Waals surface area contributed by atoms with Crippen LogP contribution in [0, 0.1) is 0 Å². The highest BCUT2D eigenvalue weighted by Gasteiger charge is 2.19. The number of ketones is 2. The number of esters is 2. The molecule has 6 nitrogen and oxygen atoms in total. The Kier molecular flexibility index (Phi) is 11.8. The van der Waals surface area contributed by atoms with Gasteiger partial charge in [0.25, 0.3) is 0 Å². The highest BCUT2D eigenvalue weighted by molar-refractivity contribution is 6.01. The van der Waals surface area contributed by atoms with Crippen molar-refractivity contribution >= 4 is 34.3 Å². The summed E-state index contributed by atoms with van der Waals surface area (Å²) in [6.45, 7) is 7.26. The summed E-state index contributed by atoms with van der Waals surface area (Å²) < 4.78 is 10.6. The molecule has 2 rings (SSSR count). The number of benzene rings is 2. The number of unbranched alkanes of at least 4 members (excludes halogenated alkanes) is 4. The van der Waals surface area contributed by atoms with Crippen molar-refractivity contribution in [3.05, 3.63) is 71.8 Å². The van der Waals surface area contributed by atoms with E-state index in [9.17, 15) is 19.2 Å². The van der Waals surface area contributed by atoms with Gasteiger partial charge in [0.2, 0.25) is 0 Å². The molecule has 2 atom stereocenters. The molecule has 0 N–H and O–H groups in total. The minimum Gasteiger partial charge on any atom is -0.451 e. The van der Waals surface area contributed by atoms with Crippen molar-refractivity contribution in [2.24, 2.45) is 0 Å². The molecule has 0 saturated carbocycles. The van der Waals surface area contributed by atoms with Crippen molar-refractivity contribution in [2.45, 2.75) is 78.4 Å². The monoisotopic (exact) mass is 492 g/mol. The Balaban J connectivity index is 2.01. The molecule has 0 amide bonds. The van der Waals surface area contributed by atoms with Crippen molar-refractivity contribution in [3.63, 3.8) is 0 Å².